The first-order valence-corrected chi connectivity index (χ1v) is 6.65. The summed E-state index contributed by atoms with van der Waals surface area (Å²) < 4.78 is 0. The summed E-state index contributed by atoms with van der Waals surface area (Å²) in [6.45, 7) is 9.01. The van der Waals surface area contributed by atoms with E-state index in [1.165, 1.54) is 0 Å². The van der Waals surface area contributed by atoms with E-state index in [1.807, 2.05) is 4.90 Å². The van der Waals surface area contributed by atoms with Gasteiger partial charge in [-0.2, -0.15) is 0 Å². The molecule has 1 saturated heterocycles. The van der Waals surface area contributed by atoms with Crippen LogP contribution < -0.4 is 0 Å². The molecule has 1 aliphatic carbocycles. The van der Waals surface area contributed by atoms with Crippen LogP contribution in [0.15, 0.2) is 0 Å². The fourth-order valence-electron chi connectivity index (χ4n) is 2.42. The minimum Gasteiger partial charge on any atom is -0.340 e. The van der Waals surface area contributed by atoms with E-state index in [0.29, 0.717) is 11.8 Å². The lowest BCUT2D eigenvalue weighted by atomic mass is 10.1. The lowest BCUT2D eigenvalue weighted by Crippen LogP contribution is -2.49. The van der Waals surface area contributed by atoms with Gasteiger partial charge < -0.3 is 4.90 Å². The molecule has 1 heterocycles. The predicted molar refractivity (Wildman–Crippen MR) is 65.6 cm³/mol. The average Bonchev–Trinajstić information content (AvgIpc) is 2.88. The van der Waals surface area contributed by atoms with Crippen molar-refractivity contribution in [2.45, 2.75) is 20.3 Å². The SMILES string of the molecule is CC1(C)CC1C(=O)N1CCN(CCCl)CC1. The molecule has 2 aliphatic rings. The smallest absolute Gasteiger partial charge is 0.226 e. The maximum absolute atomic E-state index is 12.1. The molecular weight excluding hydrogens is 224 g/mol. The Morgan fingerprint density at radius 3 is 2.31 bits per heavy atom. The van der Waals surface area contributed by atoms with Crippen molar-refractivity contribution in [3.05, 3.63) is 0 Å². The lowest BCUT2D eigenvalue weighted by molar-refractivity contribution is -0.135. The molecule has 3 nitrogen and oxygen atoms in total. The van der Waals surface area contributed by atoms with Gasteiger partial charge in [0.2, 0.25) is 5.91 Å². The minimum absolute atomic E-state index is 0.254. The zero-order valence-corrected chi connectivity index (χ0v) is 11.0. The molecule has 0 aromatic rings. The number of piperazine rings is 1. The van der Waals surface area contributed by atoms with Gasteiger partial charge in [0.15, 0.2) is 0 Å². The van der Waals surface area contributed by atoms with Crippen LogP contribution in [0, 0.1) is 11.3 Å². The molecule has 92 valence electrons. The second-order valence-electron chi connectivity index (χ2n) is 5.60. The second-order valence-corrected chi connectivity index (χ2v) is 5.98. The van der Waals surface area contributed by atoms with E-state index in [9.17, 15) is 4.79 Å². The third kappa shape index (κ3) is 2.51. The van der Waals surface area contributed by atoms with Gasteiger partial charge in [0, 0.05) is 44.5 Å². The van der Waals surface area contributed by atoms with Gasteiger partial charge in [-0.25, -0.2) is 0 Å². The highest BCUT2D eigenvalue weighted by Crippen LogP contribution is 2.52. The third-order valence-corrected chi connectivity index (χ3v) is 4.07. The third-order valence-electron chi connectivity index (χ3n) is 3.90. The highest BCUT2D eigenvalue weighted by molar-refractivity contribution is 6.18. The molecule has 1 atom stereocenters. The van der Waals surface area contributed by atoms with E-state index < -0.39 is 0 Å². The molecule has 1 saturated carbocycles. The van der Waals surface area contributed by atoms with Gasteiger partial charge in [0.1, 0.15) is 0 Å². The van der Waals surface area contributed by atoms with Crippen molar-refractivity contribution in [1.29, 1.82) is 0 Å². The molecule has 0 N–H and O–H groups in total. The van der Waals surface area contributed by atoms with E-state index in [2.05, 4.69) is 18.7 Å². The Hall–Kier alpha value is -0.280. The highest BCUT2D eigenvalue weighted by Gasteiger charge is 2.52. The standard InChI is InChI=1S/C12H21ClN2O/c1-12(2)9-10(12)11(16)15-7-5-14(4-3-13)6-8-15/h10H,3-9H2,1-2H3. The number of rotatable bonds is 3. The van der Waals surface area contributed by atoms with E-state index in [0.717, 1.165) is 39.1 Å². The van der Waals surface area contributed by atoms with Crippen molar-refractivity contribution in [2.75, 3.05) is 38.6 Å². The number of carbonyl (C=O) groups excluding carboxylic acids is 1. The second kappa shape index (κ2) is 4.53. The van der Waals surface area contributed by atoms with Crippen LogP contribution in [0.3, 0.4) is 0 Å². The Balaban J connectivity index is 1.79. The van der Waals surface area contributed by atoms with E-state index in [4.69, 9.17) is 11.6 Å². The summed E-state index contributed by atoms with van der Waals surface area (Å²) in [6, 6.07) is 0. The van der Waals surface area contributed by atoms with Crippen molar-refractivity contribution >= 4 is 17.5 Å². The quantitative estimate of drug-likeness (QED) is 0.701. The Labute approximate surface area is 103 Å². The fraction of sp³-hybridized carbons (Fsp3) is 0.917. The molecule has 0 radical (unpaired) electrons. The number of carbonyl (C=O) groups is 1. The van der Waals surface area contributed by atoms with Gasteiger partial charge in [-0.3, -0.25) is 9.69 Å². The maximum atomic E-state index is 12.1. The van der Waals surface area contributed by atoms with E-state index >= 15 is 0 Å². The number of alkyl halides is 1. The monoisotopic (exact) mass is 244 g/mol. The molecule has 4 heteroatoms. The van der Waals surface area contributed by atoms with Crippen LogP contribution in [0.4, 0.5) is 0 Å². The van der Waals surface area contributed by atoms with Gasteiger partial charge in [-0.1, -0.05) is 13.8 Å². The summed E-state index contributed by atoms with van der Waals surface area (Å²) >= 11 is 5.71. The summed E-state index contributed by atoms with van der Waals surface area (Å²) in [7, 11) is 0. The van der Waals surface area contributed by atoms with Crippen molar-refractivity contribution < 1.29 is 4.79 Å². The van der Waals surface area contributed by atoms with E-state index in [-0.39, 0.29) is 11.3 Å². The molecule has 0 spiro atoms. The van der Waals surface area contributed by atoms with Crippen LogP contribution in [0.1, 0.15) is 20.3 Å². The largest absolute Gasteiger partial charge is 0.340 e. The predicted octanol–water partition coefficient (Wildman–Crippen LogP) is 1.42. The van der Waals surface area contributed by atoms with Crippen LogP contribution in [0.25, 0.3) is 0 Å². The Bertz CT molecular complexity index is 272. The summed E-state index contributed by atoms with van der Waals surface area (Å²) in [5.74, 6) is 1.34. The molecule has 1 unspecified atom stereocenters. The number of hydrogen-bond acceptors (Lipinski definition) is 2. The number of amides is 1. The van der Waals surface area contributed by atoms with Crippen LogP contribution in [-0.2, 0) is 4.79 Å². The Morgan fingerprint density at radius 1 is 1.31 bits per heavy atom. The van der Waals surface area contributed by atoms with Crippen LogP contribution in [-0.4, -0.2) is 54.3 Å². The summed E-state index contributed by atoms with van der Waals surface area (Å²) in [5, 5.41) is 0. The van der Waals surface area contributed by atoms with Crippen LogP contribution in [0.5, 0.6) is 0 Å². The van der Waals surface area contributed by atoms with Gasteiger partial charge >= 0.3 is 0 Å². The molecule has 2 rings (SSSR count). The van der Waals surface area contributed by atoms with Gasteiger partial charge in [0.25, 0.3) is 0 Å². The molecule has 0 aromatic heterocycles. The first kappa shape index (κ1) is 12.2. The molecular formula is C12H21ClN2O. The minimum atomic E-state index is 0.254. The van der Waals surface area contributed by atoms with Crippen molar-refractivity contribution in [2.24, 2.45) is 11.3 Å². The molecule has 1 aliphatic heterocycles. The normalized spacial score (nSPS) is 29.2. The Kier molecular flexibility index (Phi) is 3.45. The summed E-state index contributed by atoms with van der Waals surface area (Å²) in [4.78, 5) is 16.5. The van der Waals surface area contributed by atoms with Gasteiger partial charge in [0.05, 0.1) is 0 Å². The molecule has 16 heavy (non-hydrogen) atoms. The maximum Gasteiger partial charge on any atom is 0.226 e. The molecule has 0 aromatic carbocycles. The number of hydrogen-bond donors (Lipinski definition) is 0. The number of nitrogens with zero attached hydrogens (tertiary/aromatic N) is 2. The molecule has 2 fully saturated rings. The summed E-state index contributed by atoms with van der Waals surface area (Å²) in [5.41, 5.74) is 0.254. The number of halogens is 1. The van der Waals surface area contributed by atoms with Gasteiger partial charge in [-0.05, 0) is 11.8 Å². The van der Waals surface area contributed by atoms with E-state index in [1.54, 1.807) is 0 Å². The topological polar surface area (TPSA) is 23.6 Å². The first-order valence-electron chi connectivity index (χ1n) is 6.12. The molecule has 1 amide bonds. The first-order chi connectivity index (χ1) is 7.54. The van der Waals surface area contributed by atoms with Crippen molar-refractivity contribution in [3.8, 4) is 0 Å². The fourth-order valence-corrected chi connectivity index (χ4v) is 2.66. The van der Waals surface area contributed by atoms with Crippen LogP contribution >= 0.6 is 11.6 Å². The van der Waals surface area contributed by atoms with Crippen molar-refractivity contribution in [3.63, 3.8) is 0 Å². The lowest BCUT2D eigenvalue weighted by Gasteiger charge is -2.34. The molecule has 0 bridgehead atoms. The summed E-state index contributed by atoms with van der Waals surface area (Å²) in [6.07, 6.45) is 1.06. The average molecular weight is 245 g/mol. The van der Waals surface area contributed by atoms with Crippen molar-refractivity contribution in [1.82, 2.24) is 9.80 Å². The van der Waals surface area contributed by atoms with Gasteiger partial charge in [-0.15, -0.1) is 11.6 Å². The van der Waals surface area contributed by atoms with Crippen LogP contribution in [0.2, 0.25) is 0 Å². The zero-order chi connectivity index (χ0) is 11.8. The zero-order valence-electron chi connectivity index (χ0n) is 10.2. The highest BCUT2D eigenvalue weighted by atomic mass is 35.5. The Morgan fingerprint density at radius 2 is 1.88 bits per heavy atom.